The van der Waals surface area contributed by atoms with E-state index < -0.39 is 0 Å². The van der Waals surface area contributed by atoms with Crippen LogP contribution < -0.4 is 5.32 Å². The van der Waals surface area contributed by atoms with Crippen LogP contribution >= 0.6 is 0 Å². The molecule has 0 unspecified atom stereocenters. The lowest BCUT2D eigenvalue weighted by atomic mass is 10.0. The van der Waals surface area contributed by atoms with E-state index in [4.69, 9.17) is 0 Å². The van der Waals surface area contributed by atoms with E-state index in [1.807, 2.05) is 0 Å². The van der Waals surface area contributed by atoms with Crippen LogP contribution in [-0.2, 0) is 4.79 Å². The molecule has 0 atom stereocenters. The van der Waals surface area contributed by atoms with Crippen LogP contribution in [0.25, 0.3) is 0 Å². The van der Waals surface area contributed by atoms with Gasteiger partial charge in [-0.25, -0.2) is 0 Å². The summed E-state index contributed by atoms with van der Waals surface area (Å²) >= 11 is 0. The fourth-order valence-electron chi connectivity index (χ4n) is 5.79. The Balaban J connectivity index is 3.65. The van der Waals surface area contributed by atoms with Gasteiger partial charge >= 0.3 is 0 Å². The molecule has 0 bridgehead atoms. The maximum absolute atomic E-state index is 11.3. The maximum Gasteiger partial charge on any atom is 0.216 e. The molecular formula is C36H74N2O. The Hall–Kier alpha value is -0.570. The fourth-order valence-corrected chi connectivity index (χ4v) is 5.79. The third-order valence-electron chi connectivity index (χ3n) is 8.46. The Bertz CT molecular complexity index is 435. The maximum atomic E-state index is 11.3. The topological polar surface area (TPSA) is 32.3 Å². The van der Waals surface area contributed by atoms with Gasteiger partial charge in [-0.2, -0.15) is 0 Å². The number of hydrogen-bond donors (Lipinski definition) is 1. The molecule has 0 rings (SSSR count). The second-order valence-corrected chi connectivity index (χ2v) is 12.5. The molecule has 0 aromatic carbocycles. The van der Waals surface area contributed by atoms with Gasteiger partial charge < -0.3 is 10.2 Å². The molecule has 1 amide bonds. The normalized spacial score (nSPS) is 11.5. The van der Waals surface area contributed by atoms with E-state index in [-0.39, 0.29) is 5.91 Å². The minimum atomic E-state index is 0.0999. The van der Waals surface area contributed by atoms with Gasteiger partial charge in [0.1, 0.15) is 0 Å². The predicted molar refractivity (Wildman–Crippen MR) is 176 cm³/mol. The van der Waals surface area contributed by atoms with E-state index in [2.05, 4.69) is 24.1 Å². The summed E-state index contributed by atoms with van der Waals surface area (Å²) in [6.45, 7) is 10.4. The van der Waals surface area contributed by atoms with Crippen molar-refractivity contribution in [3.8, 4) is 0 Å². The first-order chi connectivity index (χ1) is 19.2. The summed E-state index contributed by atoms with van der Waals surface area (Å²) < 4.78 is 0. The van der Waals surface area contributed by atoms with E-state index in [1.165, 1.54) is 193 Å². The van der Waals surface area contributed by atoms with E-state index in [1.54, 1.807) is 6.92 Å². The van der Waals surface area contributed by atoms with E-state index >= 15 is 0 Å². The van der Waals surface area contributed by atoms with Crippen molar-refractivity contribution in [2.75, 3.05) is 26.2 Å². The van der Waals surface area contributed by atoms with Gasteiger partial charge in [-0.05, 0) is 25.9 Å². The average Bonchev–Trinajstić information content (AvgIpc) is 2.92. The number of nitrogens with one attached hydrogen (secondary N) is 1. The van der Waals surface area contributed by atoms with Crippen molar-refractivity contribution in [3.63, 3.8) is 0 Å². The number of carbonyl (C=O) groups is 1. The Morgan fingerprint density at radius 1 is 0.410 bits per heavy atom. The summed E-state index contributed by atoms with van der Waals surface area (Å²) in [5.74, 6) is 0.0999. The highest BCUT2D eigenvalue weighted by Crippen LogP contribution is 2.15. The zero-order valence-corrected chi connectivity index (χ0v) is 27.5. The average molecular weight is 551 g/mol. The second-order valence-electron chi connectivity index (χ2n) is 12.5. The molecule has 0 radical (unpaired) electrons. The van der Waals surface area contributed by atoms with Crippen molar-refractivity contribution in [1.29, 1.82) is 0 Å². The molecule has 1 N–H and O–H groups in total. The van der Waals surface area contributed by atoms with Crippen LogP contribution in [0.5, 0.6) is 0 Å². The van der Waals surface area contributed by atoms with Crippen LogP contribution in [0.2, 0.25) is 0 Å². The molecule has 0 aromatic heterocycles. The van der Waals surface area contributed by atoms with Crippen LogP contribution in [0, 0.1) is 0 Å². The lowest BCUT2D eigenvalue weighted by molar-refractivity contribution is -0.119. The van der Waals surface area contributed by atoms with Crippen molar-refractivity contribution in [3.05, 3.63) is 0 Å². The van der Waals surface area contributed by atoms with Gasteiger partial charge in [-0.1, -0.05) is 181 Å². The molecule has 0 saturated carbocycles. The van der Waals surface area contributed by atoms with Gasteiger partial charge in [0.25, 0.3) is 0 Å². The number of amides is 1. The molecular weight excluding hydrogens is 476 g/mol. The van der Waals surface area contributed by atoms with Crippen LogP contribution in [-0.4, -0.2) is 37.0 Å². The van der Waals surface area contributed by atoms with Crippen molar-refractivity contribution < 1.29 is 4.79 Å². The molecule has 0 heterocycles. The van der Waals surface area contributed by atoms with Crippen LogP contribution in [0.15, 0.2) is 0 Å². The molecule has 234 valence electrons. The zero-order valence-electron chi connectivity index (χ0n) is 27.5. The molecule has 3 heteroatoms. The highest BCUT2D eigenvalue weighted by atomic mass is 16.1. The lowest BCUT2D eigenvalue weighted by Crippen LogP contribution is -2.35. The minimum Gasteiger partial charge on any atom is -0.355 e. The number of carbonyl (C=O) groups excluding carboxylic acids is 1. The molecule has 0 saturated heterocycles. The van der Waals surface area contributed by atoms with Gasteiger partial charge in [0, 0.05) is 20.0 Å². The molecule has 3 nitrogen and oxygen atoms in total. The summed E-state index contributed by atoms with van der Waals surface area (Å²) in [5.41, 5.74) is 0. The number of nitrogens with zero attached hydrogens (tertiary/aromatic N) is 1. The first-order valence-electron chi connectivity index (χ1n) is 18.2. The van der Waals surface area contributed by atoms with Crippen LogP contribution in [0.4, 0.5) is 0 Å². The molecule has 0 fully saturated rings. The Morgan fingerprint density at radius 3 is 0.923 bits per heavy atom. The third-order valence-corrected chi connectivity index (χ3v) is 8.46. The predicted octanol–water partition coefficient (Wildman–Crippen LogP) is 11.4. The summed E-state index contributed by atoms with van der Waals surface area (Å²) in [6.07, 6.45) is 39.7. The van der Waals surface area contributed by atoms with Gasteiger partial charge in [-0.15, -0.1) is 0 Å². The molecule has 39 heavy (non-hydrogen) atoms. The number of rotatable bonds is 33. The third kappa shape index (κ3) is 33.5. The van der Waals surface area contributed by atoms with Gasteiger partial charge in [0.2, 0.25) is 5.91 Å². The first kappa shape index (κ1) is 38.4. The van der Waals surface area contributed by atoms with Crippen molar-refractivity contribution in [2.45, 2.75) is 201 Å². The van der Waals surface area contributed by atoms with Gasteiger partial charge in [-0.3, -0.25) is 4.79 Å². The number of unbranched alkanes of at least 4 members (excludes halogenated alkanes) is 26. The van der Waals surface area contributed by atoms with E-state index in [0.29, 0.717) is 0 Å². The fraction of sp³-hybridized carbons (Fsp3) is 0.972. The Kier molecular flexibility index (Phi) is 33.1. The monoisotopic (exact) mass is 551 g/mol. The highest BCUT2D eigenvalue weighted by Gasteiger charge is 2.05. The highest BCUT2D eigenvalue weighted by molar-refractivity contribution is 5.72. The van der Waals surface area contributed by atoms with Crippen molar-refractivity contribution in [1.82, 2.24) is 10.2 Å². The summed E-state index contributed by atoms with van der Waals surface area (Å²) in [6, 6.07) is 0. The smallest absolute Gasteiger partial charge is 0.216 e. The quantitative estimate of drug-likeness (QED) is 0.0824. The molecule has 0 aliphatic heterocycles. The summed E-state index contributed by atoms with van der Waals surface area (Å²) in [4.78, 5) is 13.9. The largest absolute Gasteiger partial charge is 0.355 e. The van der Waals surface area contributed by atoms with E-state index in [9.17, 15) is 4.79 Å². The van der Waals surface area contributed by atoms with Gasteiger partial charge in [0.15, 0.2) is 0 Å². The number of hydrogen-bond acceptors (Lipinski definition) is 2. The molecule has 0 aromatic rings. The molecule has 0 aliphatic carbocycles. The first-order valence-corrected chi connectivity index (χ1v) is 18.2. The Morgan fingerprint density at radius 2 is 0.667 bits per heavy atom. The summed E-state index contributed by atoms with van der Waals surface area (Å²) in [5, 5.41) is 3.00. The second kappa shape index (κ2) is 33.6. The standard InChI is InChI=1S/C36H74N2O/c1-4-6-8-10-12-14-16-18-20-22-24-26-28-30-33-38(35-32-37-36(3)39)34-31-29-27-25-23-21-19-17-15-13-11-9-7-5-2/h4-35H2,1-3H3,(H,37,39). The van der Waals surface area contributed by atoms with Crippen molar-refractivity contribution >= 4 is 5.91 Å². The van der Waals surface area contributed by atoms with E-state index in [0.717, 1.165) is 13.1 Å². The molecule has 0 aliphatic rings. The van der Waals surface area contributed by atoms with Crippen LogP contribution in [0.3, 0.4) is 0 Å². The van der Waals surface area contributed by atoms with Gasteiger partial charge in [0.05, 0.1) is 0 Å². The lowest BCUT2D eigenvalue weighted by Gasteiger charge is -2.22. The Labute approximate surface area is 247 Å². The van der Waals surface area contributed by atoms with Crippen molar-refractivity contribution in [2.24, 2.45) is 0 Å². The molecule has 0 spiro atoms. The SMILES string of the molecule is CCCCCCCCCCCCCCCCN(CCCCCCCCCCCCCCCC)CCNC(C)=O. The zero-order chi connectivity index (χ0) is 28.5. The summed E-state index contributed by atoms with van der Waals surface area (Å²) in [7, 11) is 0. The van der Waals surface area contributed by atoms with Crippen LogP contribution in [0.1, 0.15) is 201 Å². The minimum absolute atomic E-state index is 0.0999.